The summed E-state index contributed by atoms with van der Waals surface area (Å²) in [6.07, 6.45) is 0. The first-order valence-electron chi connectivity index (χ1n) is 5.32. The zero-order valence-electron chi connectivity index (χ0n) is 9.25. The third-order valence-electron chi connectivity index (χ3n) is 2.50. The molecular weight excluding hydrogens is 236 g/mol. The van der Waals surface area contributed by atoms with Crippen molar-refractivity contribution in [3.8, 4) is 0 Å². The molecule has 2 amide bonds. The van der Waals surface area contributed by atoms with Crippen LogP contribution in [0.4, 0.5) is 0 Å². The zero-order valence-corrected chi connectivity index (χ0v) is 9.25. The molecule has 0 N–H and O–H groups in total. The van der Waals surface area contributed by atoms with Crippen molar-refractivity contribution in [2.24, 2.45) is 9.98 Å². The maximum absolute atomic E-state index is 10.9. The van der Waals surface area contributed by atoms with Crippen LogP contribution in [0.1, 0.15) is 11.1 Å². The van der Waals surface area contributed by atoms with Gasteiger partial charge in [0.1, 0.15) is 0 Å². The molecule has 2 aliphatic rings. The SMILES string of the molecule is O=C1COC(c2ccc(C3=NC(=O)CO3)cc2)=N1. The molecule has 2 heterocycles. The number of ether oxygens (including phenoxy) is 2. The molecule has 0 fully saturated rings. The summed E-state index contributed by atoms with van der Waals surface area (Å²) in [6.45, 7) is -0.0250. The number of benzene rings is 1. The smallest absolute Gasteiger partial charge is 0.286 e. The van der Waals surface area contributed by atoms with E-state index in [2.05, 4.69) is 9.98 Å². The Labute approximate surface area is 102 Å². The topological polar surface area (TPSA) is 77.3 Å². The van der Waals surface area contributed by atoms with Gasteiger partial charge in [0.05, 0.1) is 0 Å². The molecule has 18 heavy (non-hydrogen) atoms. The molecule has 0 aromatic heterocycles. The molecule has 6 heteroatoms. The maximum atomic E-state index is 10.9. The fraction of sp³-hybridized carbons (Fsp3) is 0.167. The highest BCUT2D eigenvalue weighted by Crippen LogP contribution is 2.13. The Hall–Kier alpha value is -2.50. The summed E-state index contributed by atoms with van der Waals surface area (Å²) in [5.74, 6) is 0.0557. The third-order valence-corrected chi connectivity index (χ3v) is 2.50. The van der Waals surface area contributed by atoms with Crippen molar-refractivity contribution in [3.05, 3.63) is 35.4 Å². The molecule has 0 atom stereocenters. The zero-order chi connectivity index (χ0) is 12.5. The minimum absolute atomic E-state index is 0.0125. The minimum Gasteiger partial charge on any atom is -0.467 e. The molecule has 3 rings (SSSR count). The van der Waals surface area contributed by atoms with E-state index in [1.165, 1.54) is 0 Å². The molecule has 0 aliphatic carbocycles. The average Bonchev–Trinajstić information content (AvgIpc) is 2.98. The second-order valence-corrected chi connectivity index (χ2v) is 3.78. The van der Waals surface area contributed by atoms with Crippen LogP contribution in [0.15, 0.2) is 34.3 Å². The van der Waals surface area contributed by atoms with E-state index in [-0.39, 0.29) is 25.0 Å². The van der Waals surface area contributed by atoms with E-state index >= 15 is 0 Å². The quantitative estimate of drug-likeness (QED) is 0.749. The van der Waals surface area contributed by atoms with Crippen LogP contribution in [0.3, 0.4) is 0 Å². The summed E-state index contributed by atoms with van der Waals surface area (Å²) in [5, 5.41) is 0. The third kappa shape index (κ3) is 1.88. The van der Waals surface area contributed by atoms with Gasteiger partial charge in [-0.2, -0.15) is 9.98 Å². The van der Waals surface area contributed by atoms with Crippen molar-refractivity contribution >= 4 is 23.6 Å². The lowest BCUT2D eigenvalue weighted by atomic mass is 10.1. The number of rotatable bonds is 2. The van der Waals surface area contributed by atoms with Gasteiger partial charge < -0.3 is 9.47 Å². The monoisotopic (exact) mass is 244 g/mol. The molecule has 0 unspecified atom stereocenters. The van der Waals surface area contributed by atoms with Gasteiger partial charge in [0, 0.05) is 11.1 Å². The first kappa shape index (κ1) is 10.6. The number of nitrogens with zero attached hydrogens (tertiary/aromatic N) is 2. The Morgan fingerprint density at radius 3 is 1.44 bits per heavy atom. The molecule has 2 aliphatic heterocycles. The second-order valence-electron chi connectivity index (χ2n) is 3.78. The van der Waals surface area contributed by atoms with Gasteiger partial charge in [0.2, 0.25) is 11.8 Å². The average molecular weight is 244 g/mol. The molecule has 1 aromatic carbocycles. The maximum Gasteiger partial charge on any atom is 0.286 e. The van der Waals surface area contributed by atoms with Crippen LogP contribution in [-0.2, 0) is 19.1 Å². The van der Waals surface area contributed by atoms with Gasteiger partial charge in [0.15, 0.2) is 13.2 Å². The first-order chi connectivity index (χ1) is 8.72. The molecule has 1 aromatic rings. The Morgan fingerprint density at radius 2 is 1.17 bits per heavy atom. The van der Waals surface area contributed by atoms with E-state index in [9.17, 15) is 9.59 Å². The second kappa shape index (κ2) is 4.06. The van der Waals surface area contributed by atoms with Crippen LogP contribution in [0.25, 0.3) is 0 Å². The summed E-state index contributed by atoms with van der Waals surface area (Å²) >= 11 is 0. The number of amides is 2. The fourth-order valence-electron chi connectivity index (χ4n) is 1.67. The van der Waals surface area contributed by atoms with Gasteiger partial charge in [-0.15, -0.1) is 0 Å². The van der Waals surface area contributed by atoms with Crippen molar-refractivity contribution in [2.45, 2.75) is 0 Å². The lowest BCUT2D eigenvalue weighted by molar-refractivity contribution is -0.119. The molecule has 90 valence electrons. The standard InChI is InChI=1S/C12H8N2O4/c15-9-5-17-11(13-9)7-1-2-8(4-3-7)12-14-10(16)6-18-12/h1-4H,5-6H2. The summed E-state index contributed by atoms with van der Waals surface area (Å²) < 4.78 is 10.2. The lowest BCUT2D eigenvalue weighted by Gasteiger charge is -2.03. The van der Waals surface area contributed by atoms with E-state index < -0.39 is 0 Å². The summed E-state index contributed by atoms with van der Waals surface area (Å²) in [6, 6.07) is 6.95. The van der Waals surface area contributed by atoms with E-state index in [4.69, 9.17) is 9.47 Å². The minimum atomic E-state index is -0.289. The van der Waals surface area contributed by atoms with Gasteiger partial charge in [-0.3, -0.25) is 9.59 Å². The van der Waals surface area contributed by atoms with Crippen LogP contribution >= 0.6 is 0 Å². The van der Waals surface area contributed by atoms with Crippen LogP contribution in [-0.4, -0.2) is 36.8 Å². The molecule has 6 nitrogen and oxygen atoms in total. The number of aliphatic imine (C=N–C) groups is 2. The van der Waals surface area contributed by atoms with Gasteiger partial charge in [0.25, 0.3) is 11.8 Å². The molecule has 0 radical (unpaired) electrons. The summed E-state index contributed by atoms with van der Waals surface area (Å²) in [4.78, 5) is 29.4. The Balaban J connectivity index is 1.86. The largest absolute Gasteiger partial charge is 0.467 e. The lowest BCUT2D eigenvalue weighted by Crippen LogP contribution is -2.04. The highest BCUT2D eigenvalue weighted by atomic mass is 16.5. The van der Waals surface area contributed by atoms with Crippen molar-refractivity contribution in [2.75, 3.05) is 13.2 Å². The van der Waals surface area contributed by atoms with Crippen molar-refractivity contribution < 1.29 is 19.1 Å². The fourth-order valence-corrected chi connectivity index (χ4v) is 1.67. The number of carbonyl (C=O) groups is 2. The van der Waals surface area contributed by atoms with Gasteiger partial charge >= 0.3 is 0 Å². The van der Waals surface area contributed by atoms with E-state index in [0.717, 1.165) is 0 Å². The highest BCUT2D eigenvalue weighted by Gasteiger charge is 2.19. The van der Waals surface area contributed by atoms with E-state index in [0.29, 0.717) is 22.9 Å². The summed E-state index contributed by atoms with van der Waals surface area (Å²) in [7, 11) is 0. The molecule has 0 bridgehead atoms. The molecule has 0 saturated carbocycles. The van der Waals surface area contributed by atoms with E-state index in [1.54, 1.807) is 24.3 Å². The summed E-state index contributed by atoms with van der Waals surface area (Å²) in [5.41, 5.74) is 1.41. The van der Waals surface area contributed by atoms with Crippen LogP contribution in [0, 0.1) is 0 Å². The first-order valence-corrected chi connectivity index (χ1v) is 5.32. The van der Waals surface area contributed by atoms with Crippen LogP contribution in [0.2, 0.25) is 0 Å². The predicted molar refractivity (Wildman–Crippen MR) is 61.4 cm³/mol. The molecular formula is C12H8N2O4. The Morgan fingerprint density at radius 1 is 0.778 bits per heavy atom. The van der Waals surface area contributed by atoms with Gasteiger partial charge in [-0.1, -0.05) is 0 Å². The number of carbonyl (C=O) groups excluding carboxylic acids is 2. The Kier molecular flexibility index (Phi) is 2.40. The number of hydrogen-bond donors (Lipinski definition) is 0. The van der Waals surface area contributed by atoms with Crippen molar-refractivity contribution in [1.29, 1.82) is 0 Å². The Bertz CT molecular complexity index is 534. The van der Waals surface area contributed by atoms with Crippen LogP contribution in [0.5, 0.6) is 0 Å². The van der Waals surface area contributed by atoms with Crippen molar-refractivity contribution in [1.82, 2.24) is 0 Å². The molecule has 0 spiro atoms. The van der Waals surface area contributed by atoms with Gasteiger partial charge in [-0.25, -0.2) is 0 Å². The predicted octanol–water partition coefficient (Wildman–Crippen LogP) is 0.293. The normalized spacial score (nSPS) is 18.2. The van der Waals surface area contributed by atoms with E-state index in [1.807, 2.05) is 0 Å². The molecule has 0 saturated heterocycles. The highest BCUT2D eigenvalue weighted by molar-refractivity contribution is 6.08. The van der Waals surface area contributed by atoms with Gasteiger partial charge in [-0.05, 0) is 24.3 Å². The van der Waals surface area contributed by atoms with Crippen molar-refractivity contribution in [3.63, 3.8) is 0 Å². The number of hydrogen-bond acceptors (Lipinski definition) is 4. The van der Waals surface area contributed by atoms with Crippen LogP contribution < -0.4 is 0 Å².